The Labute approximate surface area is 133 Å². The number of nitrogens with zero attached hydrogens (tertiary/aromatic N) is 4. The number of amides is 1. The molecule has 2 heterocycles. The molecule has 1 saturated heterocycles. The van der Waals surface area contributed by atoms with Crippen molar-refractivity contribution >= 4 is 17.5 Å². The first-order valence-corrected chi connectivity index (χ1v) is 7.67. The summed E-state index contributed by atoms with van der Waals surface area (Å²) >= 11 is 6.10. The quantitative estimate of drug-likeness (QED) is 0.867. The Morgan fingerprint density at radius 3 is 2.64 bits per heavy atom. The topological polar surface area (TPSA) is 62.5 Å². The maximum atomic E-state index is 12.4. The molecule has 116 valence electrons. The number of rotatable bonds is 3. The van der Waals surface area contributed by atoms with Gasteiger partial charge in [-0.25, -0.2) is 0 Å². The van der Waals surface area contributed by atoms with Crippen LogP contribution in [0.3, 0.4) is 0 Å². The van der Waals surface area contributed by atoms with Crippen LogP contribution < -0.4 is 0 Å². The van der Waals surface area contributed by atoms with Crippen LogP contribution in [0.1, 0.15) is 17.6 Å². The SMILES string of the molecule is CCN1CCN(C(=O)c2nnc(-c3ccccc3Cl)o2)CC1. The van der Waals surface area contributed by atoms with E-state index < -0.39 is 0 Å². The van der Waals surface area contributed by atoms with Crippen LogP contribution in [0.25, 0.3) is 11.5 Å². The van der Waals surface area contributed by atoms with E-state index >= 15 is 0 Å². The lowest BCUT2D eigenvalue weighted by Crippen LogP contribution is -2.48. The fourth-order valence-corrected chi connectivity index (χ4v) is 2.67. The molecule has 1 aromatic heterocycles. The molecule has 0 aliphatic carbocycles. The average molecular weight is 321 g/mol. The molecular formula is C15H17ClN4O2. The number of likely N-dealkylation sites (N-methyl/N-ethyl adjacent to an activating group) is 1. The molecule has 7 heteroatoms. The molecule has 1 amide bonds. The standard InChI is InChI=1S/C15H17ClN4O2/c1-2-19-7-9-20(10-8-19)15(21)14-18-17-13(22-14)11-5-3-4-6-12(11)16/h3-6H,2,7-10H2,1H3. The minimum Gasteiger partial charge on any atom is -0.412 e. The molecule has 1 fully saturated rings. The van der Waals surface area contributed by atoms with Gasteiger partial charge in [-0.15, -0.1) is 10.2 Å². The Morgan fingerprint density at radius 2 is 1.95 bits per heavy atom. The van der Waals surface area contributed by atoms with Gasteiger partial charge in [0.2, 0.25) is 5.89 Å². The molecule has 22 heavy (non-hydrogen) atoms. The summed E-state index contributed by atoms with van der Waals surface area (Å²) in [6, 6.07) is 7.18. The van der Waals surface area contributed by atoms with Crippen molar-refractivity contribution in [2.24, 2.45) is 0 Å². The zero-order valence-electron chi connectivity index (χ0n) is 12.3. The molecule has 0 radical (unpaired) electrons. The Balaban J connectivity index is 1.74. The zero-order chi connectivity index (χ0) is 15.5. The fraction of sp³-hybridized carbons (Fsp3) is 0.400. The molecule has 1 aromatic carbocycles. The lowest BCUT2D eigenvalue weighted by Gasteiger charge is -2.33. The number of carbonyl (C=O) groups excluding carboxylic acids is 1. The zero-order valence-corrected chi connectivity index (χ0v) is 13.1. The van der Waals surface area contributed by atoms with Gasteiger partial charge in [-0.05, 0) is 18.7 Å². The Kier molecular flexibility index (Phi) is 4.40. The van der Waals surface area contributed by atoms with Gasteiger partial charge in [0.25, 0.3) is 0 Å². The van der Waals surface area contributed by atoms with Gasteiger partial charge in [0.15, 0.2) is 0 Å². The molecule has 3 rings (SSSR count). The number of carbonyl (C=O) groups is 1. The van der Waals surface area contributed by atoms with Crippen LogP contribution >= 0.6 is 11.6 Å². The number of benzene rings is 1. The summed E-state index contributed by atoms with van der Waals surface area (Å²) < 4.78 is 5.51. The number of aromatic nitrogens is 2. The van der Waals surface area contributed by atoms with Gasteiger partial charge >= 0.3 is 11.8 Å². The van der Waals surface area contributed by atoms with E-state index in [1.807, 2.05) is 12.1 Å². The van der Waals surface area contributed by atoms with Crippen molar-refractivity contribution < 1.29 is 9.21 Å². The van der Waals surface area contributed by atoms with Crippen molar-refractivity contribution in [3.63, 3.8) is 0 Å². The second-order valence-electron chi connectivity index (χ2n) is 5.12. The van der Waals surface area contributed by atoms with Crippen LogP contribution in [0.4, 0.5) is 0 Å². The van der Waals surface area contributed by atoms with Crippen LogP contribution in [0.5, 0.6) is 0 Å². The summed E-state index contributed by atoms with van der Waals surface area (Å²) in [4.78, 5) is 16.4. The third-order valence-corrected chi connectivity index (χ3v) is 4.15. The Morgan fingerprint density at radius 1 is 1.23 bits per heavy atom. The molecule has 1 aliphatic rings. The van der Waals surface area contributed by atoms with E-state index in [9.17, 15) is 4.79 Å². The molecule has 0 spiro atoms. The van der Waals surface area contributed by atoms with Crippen molar-refractivity contribution in [1.82, 2.24) is 20.0 Å². The van der Waals surface area contributed by atoms with E-state index in [4.69, 9.17) is 16.0 Å². The third-order valence-electron chi connectivity index (χ3n) is 3.82. The maximum Gasteiger partial charge on any atom is 0.311 e. The van der Waals surface area contributed by atoms with Crippen molar-refractivity contribution in [3.05, 3.63) is 35.2 Å². The van der Waals surface area contributed by atoms with Gasteiger partial charge in [-0.1, -0.05) is 30.7 Å². The van der Waals surface area contributed by atoms with E-state index in [-0.39, 0.29) is 17.7 Å². The molecule has 2 aromatic rings. The van der Waals surface area contributed by atoms with Crippen LogP contribution in [0.15, 0.2) is 28.7 Å². The van der Waals surface area contributed by atoms with Gasteiger partial charge < -0.3 is 14.2 Å². The number of hydrogen-bond acceptors (Lipinski definition) is 5. The summed E-state index contributed by atoms with van der Waals surface area (Å²) in [7, 11) is 0. The predicted octanol–water partition coefficient (Wildman–Crippen LogP) is 2.17. The largest absolute Gasteiger partial charge is 0.412 e. The smallest absolute Gasteiger partial charge is 0.311 e. The molecule has 0 N–H and O–H groups in total. The summed E-state index contributed by atoms with van der Waals surface area (Å²) in [5, 5.41) is 8.32. The molecule has 0 unspecified atom stereocenters. The summed E-state index contributed by atoms with van der Waals surface area (Å²) in [6.45, 7) is 6.21. The van der Waals surface area contributed by atoms with Gasteiger partial charge in [-0.3, -0.25) is 4.79 Å². The van der Waals surface area contributed by atoms with Crippen molar-refractivity contribution in [2.45, 2.75) is 6.92 Å². The lowest BCUT2D eigenvalue weighted by molar-refractivity contribution is 0.0605. The highest BCUT2D eigenvalue weighted by molar-refractivity contribution is 6.33. The summed E-state index contributed by atoms with van der Waals surface area (Å²) in [6.07, 6.45) is 0. The second kappa shape index (κ2) is 6.46. The van der Waals surface area contributed by atoms with Crippen LogP contribution in [0.2, 0.25) is 5.02 Å². The fourth-order valence-electron chi connectivity index (χ4n) is 2.46. The van der Waals surface area contributed by atoms with Crippen LogP contribution in [0, 0.1) is 0 Å². The normalized spacial score (nSPS) is 16.0. The van der Waals surface area contributed by atoms with Gasteiger partial charge in [0, 0.05) is 26.2 Å². The predicted molar refractivity (Wildman–Crippen MR) is 82.8 cm³/mol. The van der Waals surface area contributed by atoms with E-state index in [0.717, 1.165) is 19.6 Å². The number of halogens is 1. The highest BCUT2D eigenvalue weighted by Gasteiger charge is 2.26. The van der Waals surface area contributed by atoms with Crippen molar-refractivity contribution in [2.75, 3.05) is 32.7 Å². The Bertz CT molecular complexity index is 665. The number of piperazine rings is 1. The Hall–Kier alpha value is -1.92. The van der Waals surface area contributed by atoms with E-state index in [2.05, 4.69) is 22.0 Å². The molecular weight excluding hydrogens is 304 g/mol. The van der Waals surface area contributed by atoms with Crippen molar-refractivity contribution in [1.29, 1.82) is 0 Å². The second-order valence-corrected chi connectivity index (χ2v) is 5.53. The molecule has 1 aliphatic heterocycles. The highest BCUT2D eigenvalue weighted by Crippen LogP contribution is 2.26. The van der Waals surface area contributed by atoms with Crippen LogP contribution in [-0.4, -0.2) is 58.6 Å². The average Bonchev–Trinajstić information content (AvgIpc) is 3.04. The minimum absolute atomic E-state index is 0.0138. The summed E-state index contributed by atoms with van der Waals surface area (Å²) in [5.41, 5.74) is 0.631. The molecule has 6 nitrogen and oxygen atoms in total. The molecule has 0 atom stereocenters. The third kappa shape index (κ3) is 2.98. The minimum atomic E-state index is -0.221. The van der Waals surface area contributed by atoms with Crippen molar-refractivity contribution in [3.8, 4) is 11.5 Å². The lowest BCUT2D eigenvalue weighted by atomic mass is 10.2. The van der Waals surface area contributed by atoms with E-state index in [0.29, 0.717) is 23.7 Å². The first-order valence-electron chi connectivity index (χ1n) is 7.29. The number of hydrogen-bond donors (Lipinski definition) is 0. The molecule has 0 bridgehead atoms. The molecule has 0 saturated carbocycles. The first kappa shape index (κ1) is 15.0. The van der Waals surface area contributed by atoms with Gasteiger partial charge in [0.1, 0.15) is 0 Å². The van der Waals surface area contributed by atoms with E-state index in [1.165, 1.54) is 0 Å². The maximum absolute atomic E-state index is 12.4. The first-order chi connectivity index (χ1) is 10.7. The van der Waals surface area contributed by atoms with Crippen LogP contribution in [-0.2, 0) is 0 Å². The monoisotopic (exact) mass is 320 g/mol. The van der Waals surface area contributed by atoms with Gasteiger partial charge in [0.05, 0.1) is 10.6 Å². The highest BCUT2D eigenvalue weighted by atomic mass is 35.5. The summed E-state index contributed by atoms with van der Waals surface area (Å²) in [5.74, 6) is 0.0579. The van der Waals surface area contributed by atoms with E-state index in [1.54, 1.807) is 17.0 Å². The van der Waals surface area contributed by atoms with Gasteiger partial charge in [-0.2, -0.15) is 0 Å².